The first-order chi connectivity index (χ1) is 17.8. The van der Waals surface area contributed by atoms with Gasteiger partial charge in [0.25, 0.3) is 5.56 Å². The van der Waals surface area contributed by atoms with Gasteiger partial charge in [0.15, 0.2) is 16.3 Å². The maximum absolute atomic E-state index is 13.7. The molecule has 4 rings (SSSR count). The number of nitrogens with zero attached hydrogens (tertiary/aromatic N) is 2. The highest BCUT2D eigenvalue weighted by atomic mass is 32.1. The quantitative estimate of drug-likeness (QED) is 0.479. The number of carbonyl (C=O) groups excluding carboxylic acids is 2. The van der Waals surface area contributed by atoms with Gasteiger partial charge in [-0.1, -0.05) is 29.5 Å². The van der Waals surface area contributed by atoms with Gasteiger partial charge in [-0.15, -0.1) is 0 Å². The molecule has 0 saturated heterocycles. The number of amides is 1. The number of esters is 1. The fourth-order valence-electron chi connectivity index (χ4n) is 4.15. The van der Waals surface area contributed by atoms with E-state index in [1.807, 2.05) is 12.1 Å². The van der Waals surface area contributed by atoms with Crippen LogP contribution < -0.4 is 29.7 Å². The fraction of sp³-hybridized carbons (Fsp3) is 0.259. The van der Waals surface area contributed by atoms with Gasteiger partial charge >= 0.3 is 5.97 Å². The molecular weight excluding hydrogens is 494 g/mol. The summed E-state index contributed by atoms with van der Waals surface area (Å²) in [6, 6.07) is 11.7. The van der Waals surface area contributed by atoms with Gasteiger partial charge in [0.2, 0.25) is 5.91 Å². The van der Waals surface area contributed by atoms with Crippen molar-refractivity contribution in [2.24, 2.45) is 4.99 Å². The van der Waals surface area contributed by atoms with Crippen molar-refractivity contribution in [1.82, 2.24) is 4.57 Å². The molecule has 0 fully saturated rings. The number of benzene rings is 2. The van der Waals surface area contributed by atoms with Gasteiger partial charge in [-0.2, -0.15) is 0 Å². The first-order valence-electron chi connectivity index (χ1n) is 11.6. The van der Waals surface area contributed by atoms with Crippen LogP contribution in [0.4, 0.5) is 5.69 Å². The Hall–Kier alpha value is -4.18. The number of anilines is 1. The van der Waals surface area contributed by atoms with Crippen LogP contribution in [0.5, 0.6) is 11.5 Å². The molecule has 1 aromatic heterocycles. The predicted octanol–water partition coefficient (Wildman–Crippen LogP) is 2.77. The van der Waals surface area contributed by atoms with E-state index in [9.17, 15) is 14.4 Å². The van der Waals surface area contributed by atoms with Crippen LogP contribution in [-0.4, -0.2) is 37.3 Å². The van der Waals surface area contributed by atoms with Gasteiger partial charge in [0, 0.05) is 12.6 Å². The van der Waals surface area contributed by atoms with E-state index in [1.165, 1.54) is 37.0 Å². The van der Waals surface area contributed by atoms with E-state index in [1.54, 1.807) is 50.3 Å². The van der Waals surface area contributed by atoms with E-state index in [2.05, 4.69) is 10.3 Å². The molecule has 0 bridgehead atoms. The Morgan fingerprint density at radius 3 is 2.43 bits per heavy atom. The molecule has 0 aliphatic carbocycles. The van der Waals surface area contributed by atoms with E-state index in [4.69, 9.17) is 14.2 Å². The van der Waals surface area contributed by atoms with Gasteiger partial charge in [-0.25, -0.2) is 9.79 Å². The Morgan fingerprint density at radius 2 is 1.81 bits per heavy atom. The number of fused-ring (bicyclic) bond motifs is 1. The normalized spacial score (nSPS) is 15.1. The number of carbonyl (C=O) groups is 2. The second kappa shape index (κ2) is 10.8. The van der Waals surface area contributed by atoms with E-state index in [-0.39, 0.29) is 23.6 Å². The standard InChI is InChI=1S/C27H27N3O6S/c1-6-36-26(33)23-15(2)28-27-30(24(23)18-9-12-20(34-4)21(14-18)35-5)25(32)22(37-27)13-17-7-10-19(11-8-17)29-16(3)31/h7-14,24H,6H2,1-5H3,(H,29,31)/b22-13-/t24-/m0/s1. The van der Waals surface area contributed by atoms with E-state index >= 15 is 0 Å². The second-order valence-corrected chi connectivity index (χ2v) is 9.23. The summed E-state index contributed by atoms with van der Waals surface area (Å²) in [7, 11) is 3.06. The van der Waals surface area contributed by atoms with Gasteiger partial charge in [-0.3, -0.25) is 14.2 Å². The number of hydrogen-bond donors (Lipinski definition) is 1. The van der Waals surface area contributed by atoms with Crippen LogP contribution in [0.2, 0.25) is 0 Å². The van der Waals surface area contributed by atoms with Gasteiger partial charge < -0.3 is 19.5 Å². The smallest absolute Gasteiger partial charge is 0.338 e. The van der Waals surface area contributed by atoms with Crippen LogP contribution in [0.15, 0.2) is 63.5 Å². The van der Waals surface area contributed by atoms with Crippen LogP contribution >= 0.6 is 11.3 Å². The summed E-state index contributed by atoms with van der Waals surface area (Å²) in [6.45, 7) is 5.09. The molecule has 0 spiro atoms. The largest absolute Gasteiger partial charge is 0.493 e. The summed E-state index contributed by atoms with van der Waals surface area (Å²) >= 11 is 1.23. The number of nitrogens with one attached hydrogen (secondary N) is 1. The minimum absolute atomic E-state index is 0.163. The number of methoxy groups -OCH3 is 2. The van der Waals surface area contributed by atoms with Crippen molar-refractivity contribution in [3.8, 4) is 11.5 Å². The zero-order valence-corrected chi connectivity index (χ0v) is 22.0. The molecule has 1 N–H and O–H groups in total. The molecule has 1 amide bonds. The van der Waals surface area contributed by atoms with Gasteiger partial charge in [-0.05, 0) is 55.3 Å². The molecule has 1 aliphatic rings. The first kappa shape index (κ1) is 25.9. The minimum atomic E-state index is -0.764. The summed E-state index contributed by atoms with van der Waals surface area (Å²) in [5.41, 5.74) is 2.57. The highest BCUT2D eigenvalue weighted by molar-refractivity contribution is 7.07. The highest BCUT2D eigenvalue weighted by Gasteiger charge is 2.33. The van der Waals surface area contributed by atoms with Crippen molar-refractivity contribution >= 4 is 35.0 Å². The minimum Gasteiger partial charge on any atom is -0.493 e. The fourth-order valence-corrected chi connectivity index (χ4v) is 5.19. The van der Waals surface area contributed by atoms with Crippen LogP contribution in [-0.2, 0) is 14.3 Å². The Labute approximate surface area is 217 Å². The van der Waals surface area contributed by atoms with Crippen molar-refractivity contribution in [3.63, 3.8) is 0 Å². The predicted molar refractivity (Wildman–Crippen MR) is 141 cm³/mol. The molecule has 1 aliphatic heterocycles. The van der Waals surface area contributed by atoms with E-state index in [0.29, 0.717) is 37.8 Å². The lowest BCUT2D eigenvalue weighted by atomic mass is 9.95. The zero-order chi connectivity index (χ0) is 26.7. The third-order valence-corrected chi connectivity index (χ3v) is 6.75. The zero-order valence-electron chi connectivity index (χ0n) is 21.2. The summed E-state index contributed by atoms with van der Waals surface area (Å²) < 4.78 is 18.1. The Bertz CT molecular complexity index is 1570. The van der Waals surface area contributed by atoms with Crippen LogP contribution in [0.25, 0.3) is 6.08 Å². The summed E-state index contributed by atoms with van der Waals surface area (Å²) in [5, 5.41) is 2.72. The molecule has 2 aromatic carbocycles. The molecule has 2 heterocycles. The molecule has 0 unspecified atom stereocenters. The third-order valence-electron chi connectivity index (χ3n) is 5.77. The average molecular weight is 522 g/mol. The SMILES string of the molecule is CCOC(=O)C1=C(C)N=c2s/c(=C\c3ccc(NC(C)=O)cc3)c(=O)n2[C@H]1c1ccc(OC)c(OC)c1. The number of ether oxygens (including phenoxy) is 3. The molecular formula is C27H27N3O6S. The molecule has 10 heteroatoms. The topological polar surface area (TPSA) is 108 Å². The number of aromatic nitrogens is 1. The Kier molecular flexibility index (Phi) is 7.58. The number of hydrogen-bond acceptors (Lipinski definition) is 8. The van der Waals surface area contributed by atoms with Crippen LogP contribution in [0.1, 0.15) is 37.9 Å². The monoisotopic (exact) mass is 521 g/mol. The summed E-state index contributed by atoms with van der Waals surface area (Å²) in [5.74, 6) is 0.300. The lowest BCUT2D eigenvalue weighted by Gasteiger charge is -2.25. The lowest BCUT2D eigenvalue weighted by Crippen LogP contribution is -2.39. The molecule has 9 nitrogen and oxygen atoms in total. The van der Waals surface area contributed by atoms with Crippen molar-refractivity contribution in [3.05, 3.63) is 84.5 Å². The van der Waals surface area contributed by atoms with E-state index in [0.717, 1.165) is 5.56 Å². The van der Waals surface area contributed by atoms with Crippen LogP contribution in [0.3, 0.4) is 0 Å². The second-order valence-electron chi connectivity index (χ2n) is 8.22. The molecule has 37 heavy (non-hydrogen) atoms. The number of rotatable bonds is 7. The summed E-state index contributed by atoms with van der Waals surface area (Å²) in [4.78, 5) is 43.1. The maximum Gasteiger partial charge on any atom is 0.338 e. The maximum atomic E-state index is 13.7. The molecule has 3 aromatic rings. The number of allylic oxidation sites excluding steroid dienone is 1. The summed E-state index contributed by atoms with van der Waals surface area (Å²) in [6.07, 6.45) is 1.76. The molecule has 0 saturated carbocycles. The molecule has 192 valence electrons. The first-order valence-corrected chi connectivity index (χ1v) is 12.4. The average Bonchev–Trinajstić information content (AvgIpc) is 3.17. The highest BCUT2D eigenvalue weighted by Crippen LogP contribution is 2.36. The van der Waals surface area contributed by atoms with Crippen molar-refractivity contribution in [2.75, 3.05) is 26.1 Å². The number of thiazole rings is 1. The lowest BCUT2D eigenvalue weighted by molar-refractivity contribution is -0.139. The van der Waals surface area contributed by atoms with Crippen molar-refractivity contribution in [1.29, 1.82) is 0 Å². The molecule has 1 atom stereocenters. The molecule has 0 radical (unpaired) electrons. The Balaban J connectivity index is 1.89. The van der Waals surface area contributed by atoms with Crippen molar-refractivity contribution < 1.29 is 23.8 Å². The van der Waals surface area contributed by atoms with E-state index < -0.39 is 12.0 Å². The van der Waals surface area contributed by atoms with Gasteiger partial charge in [0.1, 0.15) is 0 Å². The Morgan fingerprint density at radius 1 is 1.11 bits per heavy atom. The van der Waals surface area contributed by atoms with Gasteiger partial charge in [0.05, 0.1) is 42.7 Å². The third kappa shape index (κ3) is 5.19. The van der Waals surface area contributed by atoms with Crippen LogP contribution in [0, 0.1) is 0 Å². The van der Waals surface area contributed by atoms with Crippen molar-refractivity contribution in [2.45, 2.75) is 26.8 Å².